The van der Waals surface area contributed by atoms with Crippen LogP contribution < -0.4 is 11.1 Å². The van der Waals surface area contributed by atoms with Gasteiger partial charge < -0.3 is 11.1 Å². The van der Waals surface area contributed by atoms with E-state index in [0.717, 1.165) is 5.56 Å². The fraction of sp³-hybridized carbons (Fsp3) is 0.235. The molecule has 0 fully saturated rings. The maximum Gasteiger partial charge on any atom is 0.248 e. The van der Waals surface area contributed by atoms with Gasteiger partial charge in [0.1, 0.15) is 0 Å². The standard InChI is InChI=1S/C17H19ClN2O/c1-11-3-5-13(6-4-11)12(2)20-10-15-8-7-14(17(19)21)9-16(15)18/h3-9,12,20H,10H2,1-2H3,(H2,19,21)/t12-/m0/s1. The summed E-state index contributed by atoms with van der Waals surface area (Å²) in [5.41, 5.74) is 9.07. The molecule has 0 saturated carbocycles. The predicted molar refractivity (Wildman–Crippen MR) is 86.4 cm³/mol. The highest BCUT2D eigenvalue weighted by Crippen LogP contribution is 2.19. The van der Waals surface area contributed by atoms with Crippen molar-refractivity contribution in [3.05, 3.63) is 69.7 Å². The Balaban J connectivity index is 2.02. The molecule has 0 heterocycles. The first-order chi connectivity index (χ1) is 9.97. The SMILES string of the molecule is Cc1ccc([C@H](C)NCc2ccc(C(N)=O)cc2Cl)cc1. The van der Waals surface area contributed by atoms with Crippen LogP contribution in [0.4, 0.5) is 0 Å². The summed E-state index contributed by atoms with van der Waals surface area (Å²) in [6.45, 7) is 4.81. The Morgan fingerprint density at radius 2 is 1.90 bits per heavy atom. The van der Waals surface area contributed by atoms with Crippen LogP contribution in [0.1, 0.15) is 40.0 Å². The van der Waals surface area contributed by atoms with E-state index in [0.29, 0.717) is 17.1 Å². The van der Waals surface area contributed by atoms with E-state index in [4.69, 9.17) is 17.3 Å². The molecule has 1 amide bonds. The number of aryl methyl sites for hydroxylation is 1. The zero-order valence-electron chi connectivity index (χ0n) is 12.2. The van der Waals surface area contributed by atoms with Crippen LogP contribution in [0.15, 0.2) is 42.5 Å². The number of carbonyl (C=O) groups is 1. The fourth-order valence-electron chi connectivity index (χ4n) is 2.08. The molecule has 0 saturated heterocycles. The second kappa shape index (κ2) is 6.74. The molecule has 0 spiro atoms. The second-order valence-corrected chi connectivity index (χ2v) is 5.59. The van der Waals surface area contributed by atoms with Crippen LogP contribution >= 0.6 is 11.6 Å². The number of benzene rings is 2. The summed E-state index contributed by atoms with van der Waals surface area (Å²) >= 11 is 6.18. The summed E-state index contributed by atoms with van der Waals surface area (Å²) in [7, 11) is 0. The molecule has 3 nitrogen and oxygen atoms in total. The highest BCUT2D eigenvalue weighted by molar-refractivity contribution is 6.31. The lowest BCUT2D eigenvalue weighted by atomic mass is 10.1. The smallest absolute Gasteiger partial charge is 0.248 e. The average Bonchev–Trinajstić information content (AvgIpc) is 2.46. The first kappa shape index (κ1) is 15.5. The largest absolute Gasteiger partial charge is 0.366 e. The molecule has 0 aliphatic heterocycles. The van der Waals surface area contributed by atoms with Crippen molar-refractivity contribution < 1.29 is 4.79 Å². The molecule has 0 radical (unpaired) electrons. The fourth-order valence-corrected chi connectivity index (χ4v) is 2.33. The van der Waals surface area contributed by atoms with E-state index in [1.807, 2.05) is 6.07 Å². The van der Waals surface area contributed by atoms with Gasteiger partial charge >= 0.3 is 0 Å². The summed E-state index contributed by atoms with van der Waals surface area (Å²) in [6, 6.07) is 13.8. The van der Waals surface area contributed by atoms with Gasteiger partial charge in [0.2, 0.25) is 5.91 Å². The summed E-state index contributed by atoms with van der Waals surface area (Å²) in [5, 5.41) is 3.97. The highest BCUT2D eigenvalue weighted by Gasteiger charge is 2.08. The van der Waals surface area contributed by atoms with E-state index < -0.39 is 5.91 Å². The minimum Gasteiger partial charge on any atom is -0.366 e. The Hall–Kier alpha value is -1.84. The molecule has 2 aromatic carbocycles. The van der Waals surface area contributed by atoms with Crippen molar-refractivity contribution in [3.8, 4) is 0 Å². The number of rotatable bonds is 5. The van der Waals surface area contributed by atoms with E-state index in [1.54, 1.807) is 12.1 Å². The van der Waals surface area contributed by atoms with Crippen LogP contribution in [-0.2, 0) is 6.54 Å². The highest BCUT2D eigenvalue weighted by atomic mass is 35.5. The zero-order valence-corrected chi connectivity index (χ0v) is 12.9. The minimum atomic E-state index is -0.468. The Morgan fingerprint density at radius 1 is 1.24 bits per heavy atom. The van der Waals surface area contributed by atoms with Gasteiger partial charge in [-0.15, -0.1) is 0 Å². The number of primary amides is 1. The molecule has 3 N–H and O–H groups in total. The molecule has 4 heteroatoms. The molecule has 0 aliphatic carbocycles. The molecular weight excluding hydrogens is 284 g/mol. The van der Waals surface area contributed by atoms with E-state index in [2.05, 4.69) is 43.4 Å². The van der Waals surface area contributed by atoms with Crippen LogP contribution in [0.2, 0.25) is 5.02 Å². The number of hydrogen-bond donors (Lipinski definition) is 2. The van der Waals surface area contributed by atoms with E-state index in [9.17, 15) is 4.79 Å². The Bertz CT molecular complexity index is 638. The second-order valence-electron chi connectivity index (χ2n) is 5.18. The van der Waals surface area contributed by atoms with E-state index in [-0.39, 0.29) is 6.04 Å². The molecule has 0 unspecified atom stereocenters. The minimum absolute atomic E-state index is 0.220. The van der Waals surface area contributed by atoms with E-state index >= 15 is 0 Å². The summed E-state index contributed by atoms with van der Waals surface area (Å²) in [6.07, 6.45) is 0. The molecule has 0 aliphatic rings. The summed E-state index contributed by atoms with van der Waals surface area (Å²) in [5.74, 6) is -0.468. The van der Waals surface area contributed by atoms with Crippen molar-refractivity contribution in [2.24, 2.45) is 5.73 Å². The normalized spacial score (nSPS) is 12.1. The Morgan fingerprint density at radius 3 is 2.48 bits per heavy atom. The first-order valence-corrected chi connectivity index (χ1v) is 7.23. The third kappa shape index (κ3) is 4.06. The number of nitrogens with one attached hydrogen (secondary N) is 1. The van der Waals surface area contributed by atoms with E-state index in [1.165, 1.54) is 11.1 Å². The molecule has 0 bridgehead atoms. The topological polar surface area (TPSA) is 55.1 Å². The van der Waals surface area contributed by atoms with Gasteiger partial charge in [0.15, 0.2) is 0 Å². The van der Waals surface area contributed by atoms with Gasteiger partial charge in [-0.05, 0) is 37.1 Å². The van der Waals surface area contributed by atoms with Crippen LogP contribution in [0.3, 0.4) is 0 Å². The predicted octanol–water partition coefficient (Wildman–Crippen LogP) is 3.60. The van der Waals surface area contributed by atoms with Crippen molar-refractivity contribution in [2.75, 3.05) is 0 Å². The van der Waals surface area contributed by atoms with Crippen molar-refractivity contribution >= 4 is 17.5 Å². The molecule has 21 heavy (non-hydrogen) atoms. The molecule has 110 valence electrons. The lowest BCUT2D eigenvalue weighted by Crippen LogP contribution is -2.18. The van der Waals surface area contributed by atoms with Gasteiger partial charge in [-0.2, -0.15) is 0 Å². The van der Waals surface area contributed by atoms with Crippen LogP contribution in [0.25, 0.3) is 0 Å². The maximum atomic E-state index is 11.1. The number of carbonyl (C=O) groups excluding carboxylic acids is 1. The molecule has 2 rings (SSSR count). The van der Waals surface area contributed by atoms with Gasteiger partial charge in [-0.25, -0.2) is 0 Å². The van der Waals surface area contributed by atoms with Crippen LogP contribution in [0, 0.1) is 6.92 Å². The summed E-state index contributed by atoms with van der Waals surface area (Å²) < 4.78 is 0. The van der Waals surface area contributed by atoms with Crippen molar-refractivity contribution in [2.45, 2.75) is 26.4 Å². The lowest BCUT2D eigenvalue weighted by Gasteiger charge is -2.15. The third-order valence-corrected chi connectivity index (χ3v) is 3.87. The van der Waals surface area contributed by atoms with Crippen molar-refractivity contribution in [1.29, 1.82) is 0 Å². The first-order valence-electron chi connectivity index (χ1n) is 6.85. The Kier molecular flexibility index (Phi) is 4.99. The average molecular weight is 303 g/mol. The maximum absolute atomic E-state index is 11.1. The number of hydrogen-bond acceptors (Lipinski definition) is 2. The summed E-state index contributed by atoms with van der Waals surface area (Å²) in [4.78, 5) is 11.1. The molecule has 2 aromatic rings. The lowest BCUT2D eigenvalue weighted by molar-refractivity contribution is 0.100. The number of nitrogens with two attached hydrogens (primary N) is 1. The third-order valence-electron chi connectivity index (χ3n) is 3.51. The number of halogens is 1. The van der Waals surface area contributed by atoms with Crippen molar-refractivity contribution in [1.82, 2.24) is 5.32 Å². The zero-order chi connectivity index (χ0) is 15.4. The van der Waals surface area contributed by atoms with Gasteiger partial charge in [0.05, 0.1) is 0 Å². The molecular formula is C17H19ClN2O. The van der Waals surface area contributed by atoms with Gasteiger partial charge in [0.25, 0.3) is 0 Å². The quantitative estimate of drug-likeness (QED) is 0.886. The molecule has 1 atom stereocenters. The molecule has 0 aromatic heterocycles. The number of amides is 1. The Labute approximate surface area is 130 Å². The van der Waals surface area contributed by atoms with Crippen molar-refractivity contribution in [3.63, 3.8) is 0 Å². The monoisotopic (exact) mass is 302 g/mol. The van der Waals surface area contributed by atoms with Gasteiger partial charge in [-0.1, -0.05) is 47.5 Å². The van der Waals surface area contributed by atoms with Crippen LogP contribution in [-0.4, -0.2) is 5.91 Å². The van der Waals surface area contributed by atoms with Gasteiger partial charge in [0, 0.05) is 23.2 Å². The van der Waals surface area contributed by atoms with Gasteiger partial charge in [-0.3, -0.25) is 4.79 Å². The van der Waals surface area contributed by atoms with Crippen LogP contribution in [0.5, 0.6) is 0 Å².